The molecule has 0 bridgehead atoms. The zero-order valence-electron chi connectivity index (χ0n) is 14.0. The second-order valence-corrected chi connectivity index (χ2v) is 5.64. The monoisotopic (exact) mass is 305 g/mol. The molecule has 1 rings (SSSR count). The largest absolute Gasteiger partial charge is 0.378 e. The molecule has 0 spiro atoms. The number of unbranched alkanes of at least 4 members (excludes halogenated alkanes) is 1. The molecule has 5 heteroatoms. The minimum atomic E-state index is -0.303. The van der Waals surface area contributed by atoms with Gasteiger partial charge in [0.15, 0.2) is 0 Å². The Kier molecular flexibility index (Phi) is 7.43. The van der Waals surface area contributed by atoms with Crippen molar-refractivity contribution < 1.29 is 9.59 Å². The van der Waals surface area contributed by atoms with Gasteiger partial charge in [0.05, 0.1) is 0 Å². The van der Waals surface area contributed by atoms with Crippen LogP contribution in [0.4, 0.5) is 5.69 Å². The quantitative estimate of drug-likeness (QED) is 0.761. The normalized spacial score (nSPS) is 11.6. The fourth-order valence-corrected chi connectivity index (χ4v) is 2.19. The number of nitrogens with one attached hydrogen (secondary N) is 2. The lowest BCUT2D eigenvalue weighted by Crippen LogP contribution is -2.44. The lowest BCUT2D eigenvalue weighted by molar-refractivity contribution is -0.126. The van der Waals surface area contributed by atoms with Crippen LogP contribution in [-0.4, -0.2) is 25.9 Å². The van der Waals surface area contributed by atoms with E-state index in [-0.39, 0.29) is 17.7 Å². The van der Waals surface area contributed by atoms with Gasteiger partial charge in [0, 0.05) is 31.3 Å². The van der Waals surface area contributed by atoms with Crippen LogP contribution in [-0.2, 0) is 4.79 Å². The number of nitrogens with zero attached hydrogens (tertiary/aromatic N) is 1. The van der Waals surface area contributed by atoms with Crippen molar-refractivity contribution in [3.63, 3.8) is 0 Å². The fourth-order valence-electron chi connectivity index (χ4n) is 2.19. The van der Waals surface area contributed by atoms with Gasteiger partial charge >= 0.3 is 0 Å². The van der Waals surface area contributed by atoms with Gasteiger partial charge in [-0.2, -0.15) is 0 Å². The average molecular weight is 305 g/mol. The molecule has 5 nitrogen and oxygen atoms in total. The van der Waals surface area contributed by atoms with Crippen LogP contribution in [0.5, 0.6) is 0 Å². The van der Waals surface area contributed by atoms with E-state index in [4.69, 9.17) is 0 Å². The molecule has 2 amide bonds. The third kappa shape index (κ3) is 5.39. The van der Waals surface area contributed by atoms with Crippen molar-refractivity contribution >= 4 is 17.5 Å². The summed E-state index contributed by atoms with van der Waals surface area (Å²) < 4.78 is 0. The van der Waals surface area contributed by atoms with Gasteiger partial charge in [0.1, 0.15) is 0 Å². The van der Waals surface area contributed by atoms with E-state index in [0.717, 1.165) is 31.4 Å². The number of hydrogen-bond acceptors (Lipinski definition) is 3. The Morgan fingerprint density at radius 3 is 2.50 bits per heavy atom. The van der Waals surface area contributed by atoms with Crippen molar-refractivity contribution in [1.82, 2.24) is 10.9 Å². The highest BCUT2D eigenvalue weighted by Gasteiger charge is 2.16. The SMILES string of the molecule is CCCCC(CC)C(=O)NNC(=O)c1cccc(N(C)C)c1. The molecular formula is C17H27N3O2. The highest BCUT2D eigenvalue weighted by Crippen LogP contribution is 2.14. The Hall–Kier alpha value is -2.04. The molecule has 0 aliphatic carbocycles. The maximum atomic E-state index is 12.1. The molecule has 0 aliphatic heterocycles. The maximum Gasteiger partial charge on any atom is 0.269 e. The van der Waals surface area contributed by atoms with Crippen LogP contribution >= 0.6 is 0 Å². The van der Waals surface area contributed by atoms with Crippen molar-refractivity contribution in [3.8, 4) is 0 Å². The highest BCUT2D eigenvalue weighted by atomic mass is 16.2. The van der Waals surface area contributed by atoms with Crippen molar-refractivity contribution in [1.29, 1.82) is 0 Å². The predicted molar refractivity (Wildman–Crippen MR) is 89.7 cm³/mol. The minimum Gasteiger partial charge on any atom is -0.378 e. The highest BCUT2D eigenvalue weighted by molar-refractivity contribution is 5.96. The molecular weight excluding hydrogens is 278 g/mol. The third-order valence-electron chi connectivity index (χ3n) is 3.69. The lowest BCUT2D eigenvalue weighted by atomic mass is 9.99. The van der Waals surface area contributed by atoms with Gasteiger partial charge in [0.25, 0.3) is 5.91 Å². The topological polar surface area (TPSA) is 61.4 Å². The van der Waals surface area contributed by atoms with E-state index in [0.29, 0.717) is 5.56 Å². The van der Waals surface area contributed by atoms with Crippen molar-refractivity contribution in [2.75, 3.05) is 19.0 Å². The van der Waals surface area contributed by atoms with E-state index in [1.807, 2.05) is 38.1 Å². The first kappa shape index (κ1) is 18.0. The third-order valence-corrected chi connectivity index (χ3v) is 3.69. The summed E-state index contributed by atoms with van der Waals surface area (Å²) >= 11 is 0. The number of carbonyl (C=O) groups excluding carboxylic acids is 2. The second-order valence-electron chi connectivity index (χ2n) is 5.64. The molecule has 1 aromatic carbocycles. The van der Waals surface area contributed by atoms with Crippen LogP contribution < -0.4 is 15.8 Å². The Morgan fingerprint density at radius 1 is 1.18 bits per heavy atom. The zero-order valence-corrected chi connectivity index (χ0v) is 14.0. The van der Waals surface area contributed by atoms with Crippen LogP contribution in [0.25, 0.3) is 0 Å². The van der Waals surface area contributed by atoms with Gasteiger partial charge in [-0.05, 0) is 31.0 Å². The van der Waals surface area contributed by atoms with Crippen molar-refractivity contribution in [3.05, 3.63) is 29.8 Å². The molecule has 0 aromatic heterocycles. The molecule has 1 unspecified atom stereocenters. The van der Waals surface area contributed by atoms with E-state index in [1.54, 1.807) is 12.1 Å². The summed E-state index contributed by atoms with van der Waals surface area (Å²) in [6.45, 7) is 4.09. The Morgan fingerprint density at radius 2 is 1.91 bits per heavy atom. The first-order valence-electron chi connectivity index (χ1n) is 7.87. The van der Waals surface area contributed by atoms with Gasteiger partial charge in [-0.25, -0.2) is 0 Å². The van der Waals surface area contributed by atoms with Crippen LogP contribution in [0.15, 0.2) is 24.3 Å². The molecule has 0 fully saturated rings. The van der Waals surface area contributed by atoms with Gasteiger partial charge in [-0.1, -0.05) is 32.8 Å². The molecule has 0 radical (unpaired) electrons. The predicted octanol–water partition coefficient (Wildman–Crippen LogP) is 2.73. The van der Waals surface area contributed by atoms with Crippen molar-refractivity contribution in [2.45, 2.75) is 39.5 Å². The molecule has 122 valence electrons. The van der Waals surface area contributed by atoms with Crippen LogP contribution in [0.1, 0.15) is 49.9 Å². The Labute approximate surface area is 133 Å². The summed E-state index contributed by atoms with van der Waals surface area (Å²) in [6, 6.07) is 7.26. The number of benzene rings is 1. The van der Waals surface area contributed by atoms with Gasteiger partial charge < -0.3 is 4.90 Å². The van der Waals surface area contributed by atoms with E-state index < -0.39 is 0 Å². The molecule has 0 saturated heterocycles. The van der Waals surface area contributed by atoms with Gasteiger partial charge in [-0.3, -0.25) is 20.4 Å². The average Bonchev–Trinajstić information content (AvgIpc) is 2.53. The first-order chi connectivity index (χ1) is 10.5. The Bertz CT molecular complexity index is 500. The van der Waals surface area contributed by atoms with Crippen LogP contribution in [0.3, 0.4) is 0 Å². The van der Waals surface area contributed by atoms with Crippen molar-refractivity contribution in [2.24, 2.45) is 5.92 Å². The van der Waals surface area contributed by atoms with Gasteiger partial charge in [0.2, 0.25) is 5.91 Å². The van der Waals surface area contributed by atoms with E-state index >= 15 is 0 Å². The fraction of sp³-hybridized carbons (Fsp3) is 0.529. The minimum absolute atomic E-state index is 0.0478. The summed E-state index contributed by atoms with van der Waals surface area (Å²) in [7, 11) is 3.83. The summed E-state index contributed by atoms with van der Waals surface area (Å²) in [5.74, 6) is -0.469. The van der Waals surface area contributed by atoms with Gasteiger partial charge in [-0.15, -0.1) is 0 Å². The van der Waals surface area contributed by atoms with Crippen LogP contribution in [0.2, 0.25) is 0 Å². The molecule has 0 aliphatic rings. The lowest BCUT2D eigenvalue weighted by Gasteiger charge is -2.16. The zero-order chi connectivity index (χ0) is 16.5. The first-order valence-corrected chi connectivity index (χ1v) is 7.87. The number of hydrogen-bond donors (Lipinski definition) is 2. The summed E-state index contributed by atoms with van der Waals surface area (Å²) in [4.78, 5) is 26.1. The second kappa shape index (κ2) is 9.07. The molecule has 0 heterocycles. The number of anilines is 1. The van der Waals surface area contributed by atoms with E-state index in [9.17, 15) is 9.59 Å². The number of hydrazine groups is 1. The summed E-state index contributed by atoms with van der Waals surface area (Å²) in [6.07, 6.45) is 3.71. The standard InChI is InChI=1S/C17H27N3O2/c1-5-7-9-13(6-2)16(21)18-19-17(22)14-10-8-11-15(12-14)20(3)4/h8,10-13H,5-7,9H2,1-4H3,(H,18,21)(H,19,22). The van der Waals surface area contributed by atoms with E-state index in [1.165, 1.54) is 0 Å². The molecule has 2 N–H and O–H groups in total. The molecule has 22 heavy (non-hydrogen) atoms. The summed E-state index contributed by atoms with van der Waals surface area (Å²) in [5, 5.41) is 0. The Balaban J connectivity index is 2.58. The number of rotatable bonds is 7. The van der Waals surface area contributed by atoms with Crippen LogP contribution in [0, 0.1) is 5.92 Å². The maximum absolute atomic E-state index is 12.1. The molecule has 0 saturated carbocycles. The number of carbonyl (C=O) groups is 2. The molecule has 1 atom stereocenters. The number of amides is 2. The summed E-state index contributed by atoms with van der Waals surface area (Å²) in [5.41, 5.74) is 6.50. The molecule has 1 aromatic rings. The smallest absolute Gasteiger partial charge is 0.269 e. The van der Waals surface area contributed by atoms with E-state index in [2.05, 4.69) is 17.8 Å².